The van der Waals surface area contributed by atoms with E-state index in [2.05, 4.69) is 21.2 Å². The Bertz CT molecular complexity index is 688. The standard InChI is InChI=1S/C13H10BrN3O3/c14-8-5-6-11(12(7-8)17(19)20)16-13(18)9-3-1-2-4-10(9)15/h1-7H,15H2,(H,16,18). The molecule has 2 aromatic rings. The van der Waals surface area contributed by atoms with Gasteiger partial charge in [-0.15, -0.1) is 0 Å². The van der Waals surface area contributed by atoms with Crippen LogP contribution in [0.25, 0.3) is 0 Å². The molecule has 2 aromatic carbocycles. The lowest BCUT2D eigenvalue weighted by molar-refractivity contribution is -0.384. The number of hydrogen-bond donors (Lipinski definition) is 2. The van der Waals surface area contributed by atoms with Crippen LogP contribution in [0.3, 0.4) is 0 Å². The highest BCUT2D eigenvalue weighted by Crippen LogP contribution is 2.28. The highest BCUT2D eigenvalue weighted by Gasteiger charge is 2.17. The average Bonchev–Trinajstić information content (AvgIpc) is 2.41. The van der Waals surface area contributed by atoms with Crippen LogP contribution < -0.4 is 11.1 Å². The van der Waals surface area contributed by atoms with Gasteiger partial charge in [0, 0.05) is 16.2 Å². The zero-order valence-electron chi connectivity index (χ0n) is 10.2. The quantitative estimate of drug-likeness (QED) is 0.511. The van der Waals surface area contributed by atoms with Crippen molar-refractivity contribution in [1.29, 1.82) is 0 Å². The summed E-state index contributed by atoms with van der Waals surface area (Å²) in [5.74, 6) is -0.492. The molecule has 0 fully saturated rings. The second-order valence-corrected chi connectivity index (χ2v) is 4.88. The maximum Gasteiger partial charge on any atom is 0.293 e. The molecule has 0 unspecified atom stereocenters. The number of rotatable bonds is 3. The third-order valence-electron chi connectivity index (χ3n) is 2.61. The normalized spacial score (nSPS) is 10.1. The zero-order valence-corrected chi connectivity index (χ0v) is 11.8. The Kier molecular flexibility index (Phi) is 3.99. The van der Waals surface area contributed by atoms with Gasteiger partial charge in [0.15, 0.2) is 0 Å². The van der Waals surface area contributed by atoms with Crippen molar-refractivity contribution in [2.45, 2.75) is 0 Å². The van der Waals surface area contributed by atoms with Crippen LogP contribution in [0.4, 0.5) is 17.1 Å². The van der Waals surface area contributed by atoms with Crippen LogP contribution in [0, 0.1) is 10.1 Å². The van der Waals surface area contributed by atoms with E-state index in [4.69, 9.17) is 5.73 Å². The second kappa shape index (κ2) is 5.70. The minimum absolute atomic E-state index is 0.117. The molecule has 7 heteroatoms. The maximum atomic E-state index is 12.1. The van der Waals surface area contributed by atoms with Crippen LogP contribution >= 0.6 is 15.9 Å². The van der Waals surface area contributed by atoms with E-state index in [0.717, 1.165) is 0 Å². The largest absolute Gasteiger partial charge is 0.398 e. The van der Waals surface area contributed by atoms with Gasteiger partial charge in [-0.1, -0.05) is 28.1 Å². The van der Waals surface area contributed by atoms with Gasteiger partial charge in [-0.05, 0) is 24.3 Å². The number of nitro benzene ring substituents is 1. The predicted molar refractivity (Wildman–Crippen MR) is 79.6 cm³/mol. The first-order chi connectivity index (χ1) is 9.49. The Morgan fingerprint density at radius 1 is 1.25 bits per heavy atom. The van der Waals surface area contributed by atoms with Crippen LogP contribution in [0.2, 0.25) is 0 Å². The van der Waals surface area contributed by atoms with Gasteiger partial charge in [0.2, 0.25) is 0 Å². The smallest absolute Gasteiger partial charge is 0.293 e. The number of carbonyl (C=O) groups is 1. The Labute approximate surface area is 122 Å². The van der Waals surface area contributed by atoms with Crippen molar-refractivity contribution >= 4 is 38.9 Å². The van der Waals surface area contributed by atoms with Crippen LogP contribution in [-0.4, -0.2) is 10.8 Å². The predicted octanol–water partition coefficient (Wildman–Crippen LogP) is 3.19. The molecule has 0 radical (unpaired) electrons. The first-order valence-electron chi connectivity index (χ1n) is 5.59. The third kappa shape index (κ3) is 2.94. The van der Waals surface area contributed by atoms with Crippen LogP contribution in [0.1, 0.15) is 10.4 Å². The molecule has 0 heterocycles. The minimum Gasteiger partial charge on any atom is -0.398 e. The number of hydrogen-bond acceptors (Lipinski definition) is 4. The summed E-state index contributed by atoms with van der Waals surface area (Å²) in [5.41, 5.74) is 6.20. The summed E-state index contributed by atoms with van der Waals surface area (Å²) in [5, 5.41) is 13.5. The van der Waals surface area contributed by atoms with Gasteiger partial charge in [-0.3, -0.25) is 14.9 Å². The summed E-state index contributed by atoms with van der Waals surface area (Å²) in [6.45, 7) is 0. The number of benzene rings is 2. The van der Waals surface area contributed by atoms with Gasteiger partial charge >= 0.3 is 0 Å². The van der Waals surface area contributed by atoms with E-state index in [-0.39, 0.29) is 16.9 Å². The number of anilines is 2. The summed E-state index contributed by atoms with van der Waals surface area (Å²) in [7, 11) is 0. The van der Waals surface area contributed by atoms with E-state index >= 15 is 0 Å². The molecule has 3 N–H and O–H groups in total. The molecular formula is C13H10BrN3O3. The third-order valence-corrected chi connectivity index (χ3v) is 3.10. The van der Waals surface area contributed by atoms with Gasteiger partial charge in [0.25, 0.3) is 11.6 Å². The molecule has 6 nitrogen and oxygen atoms in total. The lowest BCUT2D eigenvalue weighted by Gasteiger charge is -2.08. The van der Waals surface area contributed by atoms with Crippen molar-refractivity contribution in [2.75, 3.05) is 11.1 Å². The summed E-state index contributed by atoms with van der Waals surface area (Å²) in [6.07, 6.45) is 0. The number of para-hydroxylation sites is 1. The van der Waals surface area contributed by atoms with Gasteiger partial charge in [0.1, 0.15) is 5.69 Å². The van der Waals surface area contributed by atoms with Gasteiger partial charge in [-0.2, -0.15) is 0 Å². The highest BCUT2D eigenvalue weighted by atomic mass is 79.9. The molecule has 0 saturated carbocycles. The maximum absolute atomic E-state index is 12.1. The molecule has 0 aliphatic carbocycles. The summed E-state index contributed by atoms with van der Waals surface area (Å²) in [4.78, 5) is 22.5. The Hall–Kier alpha value is -2.41. The van der Waals surface area contributed by atoms with Crippen molar-refractivity contribution in [3.8, 4) is 0 Å². The van der Waals surface area contributed by atoms with E-state index in [9.17, 15) is 14.9 Å². The van der Waals surface area contributed by atoms with Crippen molar-refractivity contribution in [3.05, 3.63) is 62.6 Å². The van der Waals surface area contributed by atoms with Gasteiger partial charge in [0.05, 0.1) is 10.5 Å². The van der Waals surface area contributed by atoms with Crippen molar-refractivity contribution in [1.82, 2.24) is 0 Å². The molecule has 0 bridgehead atoms. The number of nitro groups is 1. The molecule has 20 heavy (non-hydrogen) atoms. The summed E-state index contributed by atoms with van der Waals surface area (Å²) < 4.78 is 0.557. The Balaban J connectivity index is 2.33. The Morgan fingerprint density at radius 2 is 1.95 bits per heavy atom. The molecule has 2 rings (SSSR count). The Morgan fingerprint density at radius 3 is 2.60 bits per heavy atom. The number of nitrogens with one attached hydrogen (secondary N) is 1. The van der Waals surface area contributed by atoms with Crippen molar-refractivity contribution < 1.29 is 9.72 Å². The van der Waals surface area contributed by atoms with E-state index in [1.165, 1.54) is 12.1 Å². The molecule has 0 aromatic heterocycles. The summed E-state index contributed by atoms with van der Waals surface area (Å²) in [6, 6.07) is 10.9. The van der Waals surface area contributed by atoms with Gasteiger partial charge in [-0.25, -0.2) is 0 Å². The molecule has 102 valence electrons. The number of nitrogens with two attached hydrogens (primary N) is 1. The molecular weight excluding hydrogens is 326 g/mol. The van der Waals surface area contributed by atoms with E-state index < -0.39 is 10.8 Å². The van der Waals surface area contributed by atoms with E-state index in [1.54, 1.807) is 30.3 Å². The highest BCUT2D eigenvalue weighted by molar-refractivity contribution is 9.10. The lowest BCUT2D eigenvalue weighted by Crippen LogP contribution is -2.14. The summed E-state index contributed by atoms with van der Waals surface area (Å²) >= 11 is 3.15. The number of nitrogen functional groups attached to an aromatic ring is 1. The average molecular weight is 336 g/mol. The number of halogens is 1. The molecule has 0 aliphatic heterocycles. The lowest BCUT2D eigenvalue weighted by atomic mass is 10.1. The number of amides is 1. The molecule has 0 saturated heterocycles. The fraction of sp³-hybridized carbons (Fsp3) is 0. The van der Waals surface area contributed by atoms with Crippen LogP contribution in [0.15, 0.2) is 46.9 Å². The monoisotopic (exact) mass is 335 g/mol. The zero-order chi connectivity index (χ0) is 14.7. The first-order valence-corrected chi connectivity index (χ1v) is 6.38. The van der Waals surface area contributed by atoms with E-state index in [0.29, 0.717) is 10.2 Å². The molecule has 0 atom stereocenters. The SMILES string of the molecule is Nc1ccccc1C(=O)Nc1ccc(Br)cc1[N+](=O)[O-]. The molecule has 0 spiro atoms. The van der Waals surface area contributed by atoms with Crippen molar-refractivity contribution in [2.24, 2.45) is 0 Å². The van der Waals surface area contributed by atoms with Gasteiger partial charge < -0.3 is 11.1 Å². The fourth-order valence-electron chi connectivity index (χ4n) is 1.65. The number of carbonyl (C=O) groups excluding carboxylic acids is 1. The number of nitrogens with zero attached hydrogens (tertiary/aromatic N) is 1. The topological polar surface area (TPSA) is 98.3 Å². The molecule has 1 amide bonds. The van der Waals surface area contributed by atoms with E-state index in [1.807, 2.05) is 0 Å². The van der Waals surface area contributed by atoms with Crippen LogP contribution in [0.5, 0.6) is 0 Å². The fourth-order valence-corrected chi connectivity index (χ4v) is 2.00. The second-order valence-electron chi connectivity index (χ2n) is 3.96. The molecule has 0 aliphatic rings. The van der Waals surface area contributed by atoms with Crippen LogP contribution in [-0.2, 0) is 0 Å². The van der Waals surface area contributed by atoms with Crippen molar-refractivity contribution in [3.63, 3.8) is 0 Å². The minimum atomic E-state index is -0.561. The first kappa shape index (κ1) is 14.0.